The predicted molar refractivity (Wildman–Crippen MR) is 82.2 cm³/mol. The third-order valence-electron chi connectivity index (χ3n) is 2.93. The van der Waals surface area contributed by atoms with E-state index < -0.39 is 6.09 Å². The lowest BCUT2D eigenvalue weighted by atomic mass is 10.2. The van der Waals surface area contributed by atoms with E-state index in [-0.39, 0.29) is 19.0 Å². The molecule has 21 heavy (non-hydrogen) atoms. The van der Waals surface area contributed by atoms with Gasteiger partial charge in [0.25, 0.3) is 0 Å². The van der Waals surface area contributed by atoms with E-state index in [0.717, 1.165) is 10.0 Å². The monoisotopic (exact) mass is 351 g/mol. The molecule has 0 aliphatic rings. The Kier molecular flexibility index (Phi) is 5.33. The maximum atomic E-state index is 13.6. The Morgan fingerprint density at radius 1 is 1.24 bits per heavy atom. The average Bonchev–Trinajstić information content (AvgIpc) is 2.49. The Labute approximate surface area is 131 Å². The Morgan fingerprint density at radius 3 is 2.67 bits per heavy atom. The fourth-order valence-corrected chi connectivity index (χ4v) is 2.22. The molecule has 1 amide bonds. The van der Waals surface area contributed by atoms with Gasteiger partial charge in [-0.3, -0.25) is 0 Å². The first kappa shape index (κ1) is 15.5. The van der Waals surface area contributed by atoms with Crippen LogP contribution >= 0.6 is 15.9 Å². The Balaban J connectivity index is 1.92. The normalized spacial score (nSPS) is 10.2. The molecule has 110 valence electrons. The zero-order chi connectivity index (χ0) is 15.2. The van der Waals surface area contributed by atoms with Crippen molar-refractivity contribution in [2.75, 3.05) is 7.05 Å². The number of carbonyl (C=O) groups is 1. The van der Waals surface area contributed by atoms with Crippen LogP contribution in [0.5, 0.6) is 0 Å². The molecule has 0 saturated carbocycles. The minimum absolute atomic E-state index is 0.152. The first-order valence-electron chi connectivity index (χ1n) is 6.42. The fraction of sp³-hybridized carbons (Fsp3) is 0.188. The average molecular weight is 352 g/mol. The number of halogens is 2. The molecule has 3 nitrogen and oxygen atoms in total. The van der Waals surface area contributed by atoms with Crippen molar-refractivity contribution in [2.45, 2.75) is 13.2 Å². The molecule has 2 aromatic rings. The smallest absolute Gasteiger partial charge is 0.410 e. The summed E-state index contributed by atoms with van der Waals surface area (Å²) in [5.41, 5.74) is 1.34. The fourth-order valence-electron chi connectivity index (χ4n) is 1.81. The maximum Gasteiger partial charge on any atom is 0.410 e. The molecule has 0 aliphatic heterocycles. The van der Waals surface area contributed by atoms with Gasteiger partial charge in [0, 0.05) is 17.1 Å². The molecule has 0 aromatic heterocycles. The minimum atomic E-state index is -0.488. The standard InChI is InChI=1S/C16H15BrFNO2/c1-19(10-13-9-14(17)7-8-15(13)18)16(20)21-11-12-5-3-2-4-6-12/h2-9H,10-11H2,1H3. The Morgan fingerprint density at radius 2 is 1.95 bits per heavy atom. The number of carbonyl (C=O) groups excluding carboxylic acids is 1. The molecule has 2 aromatic carbocycles. The zero-order valence-electron chi connectivity index (χ0n) is 11.6. The SMILES string of the molecule is CN(Cc1cc(Br)ccc1F)C(=O)OCc1ccccc1. The van der Waals surface area contributed by atoms with Gasteiger partial charge in [0.2, 0.25) is 0 Å². The summed E-state index contributed by atoms with van der Waals surface area (Å²) in [5, 5.41) is 0. The number of hydrogen-bond acceptors (Lipinski definition) is 2. The van der Waals surface area contributed by atoms with Crippen LogP contribution in [0.1, 0.15) is 11.1 Å². The van der Waals surface area contributed by atoms with Crippen molar-refractivity contribution in [3.8, 4) is 0 Å². The van der Waals surface area contributed by atoms with Gasteiger partial charge in [-0.15, -0.1) is 0 Å². The van der Waals surface area contributed by atoms with Crippen molar-refractivity contribution < 1.29 is 13.9 Å². The maximum absolute atomic E-state index is 13.6. The summed E-state index contributed by atoms with van der Waals surface area (Å²) in [4.78, 5) is 13.2. The molecular formula is C16H15BrFNO2. The first-order chi connectivity index (χ1) is 10.1. The summed E-state index contributed by atoms with van der Waals surface area (Å²) in [5.74, 6) is -0.346. The summed E-state index contributed by atoms with van der Waals surface area (Å²) >= 11 is 3.28. The molecule has 0 bridgehead atoms. The molecular weight excluding hydrogens is 337 g/mol. The molecule has 0 fully saturated rings. The summed E-state index contributed by atoms with van der Waals surface area (Å²) in [6.45, 7) is 0.351. The molecule has 0 radical (unpaired) electrons. The Bertz CT molecular complexity index is 619. The molecule has 5 heteroatoms. The van der Waals surface area contributed by atoms with Gasteiger partial charge in [-0.1, -0.05) is 46.3 Å². The molecule has 0 spiro atoms. The zero-order valence-corrected chi connectivity index (χ0v) is 13.1. The lowest BCUT2D eigenvalue weighted by Gasteiger charge is -2.17. The van der Waals surface area contributed by atoms with Crippen LogP contribution in [0.25, 0.3) is 0 Å². The van der Waals surface area contributed by atoms with Crippen molar-refractivity contribution >= 4 is 22.0 Å². The van der Waals surface area contributed by atoms with Gasteiger partial charge in [-0.05, 0) is 23.8 Å². The van der Waals surface area contributed by atoms with Crippen molar-refractivity contribution in [2.24, 2.45) is 0 Å². The summed E-state index contributed by atoms with van der Waals surface area (Å²) in [6, 6.07) is 14.0. The molecule has 0 atom stereocenters. The number of hydrogen-bond donors (Lipinski definition) is 0. The topological polar surface area (TPSA) is 29.5 Å². The highest BCUT2D eigenvalue weighted by molar-refractivity contribution is 9.10. The third-order valence-corrected chi connectivity index (χ3v) is 3.43. The van der Waals surface area contributed by atoms with Crippen LogP contribution in [0.3, 0.4) is 0 Å². The van der Waals surface area contributed by atoms with Gasteiger partial charge in [0.15, 0.2) is 0 Å². The van der Waals surface area contributed by atoms with E-state index in [0.29, 0.717) is 5.56 Å². The summed E-state index contributed by atoms with van der Waals surface area (Å²) in [7, 11) is 1.58. The second-order valence-corrected chi connectivity index (χ2v) is 5.55. The number of nitrogens with zero attached hydrogens (tertiary/aromatic N) is 1. The number of benzene rings is 2. The lowest BCUT2D eigenvalue weighted by Crippen LogP contribution is -2.27. The van der Waals surface area contributed by atoms with Gasteiger partial charge < -0.3 is 9.64 Å². The molecule has 0 aliphatic carbocycles. The van der Waals surface area contributed by atoms with Gasteiger partial charge in [-0.2, -0.15) is 0 Å². The molecule has 0 N–H and O–H groups in total. The van der Waals surface area contributed by atoms with Crippen LogP contribution < -0.4 is 0 Å². The minimum Gasteiger partial charge on any atom is -0.445 e. The van der Waals surface area contributed by atoms with E-state index in [9.17, 15) is 9.18 Å². The van der Waals surface area contributed by atoms with Gasteiger partial charge in [0.05, 0.1) is 6.54 Å². The van der Waals surface area contributed by atoms with E-state index in [1.54, 1.807) is 19.2 Å². The van der Waals surface area contributed by atoms with Gasteiger partial charge >= 0.3 is 6.09 Å². The lowest BCUT2D eigenvalue weighted by molar-refractivity contribution is 0.102. The molecule has 0 heterocycles. The van der Waals surface area contributed by atoms with Crippen LogP contribution in [0, 0.1) is 5.82 Å². The van der Waals surface area contributed by atoms with E-state index in [2.05, 4.69) is 15.9 Å². The van der Waals surface area contributed by atoms with Crippen LogP contribution in [0.2, 0.25) is 0 Å². The Hall–Kier alpha value is -1.88. The van der Waals surface area contributed by atoms with Crippen molar-refractivity contribution in [3.05, 3.63) is 69.9 Å². The van der Waals surface area contributed by atoms with Crippen molar-refractivity contribution in [1.29, 1.82) is 0 Å². The van der Waals surface area contributed by atoms with E-state index in [1.807, 2.05) is 30.3 Å². The second kappa shape index (κ2) is 7.22. The number of rotatable bonds is 4. The largest absolute Gasteiger partial charge is 0.445 e. The summed E-state index contributed by atoms with van der Waals surface area (Å²) < 4.78 is 19.6. The molecule has 0 unspecified atom stereocenters. The van der Waals surface area contributed by atoms with E-state index >= 15 is 0 Å². The predicted octanol–water partition coefficient (Wildman–Crippen LogP) is 4.36. The molecule has 2 rings (SSSR count). The first-order valence-corrected chi connectivity index (χ1v) is 7.21. The van der Waals surface area contributed by atoms with Crippen molar-refractivity contribution in [1.82, 2.24) is 4.90 Å². The highest BCUT2D eigenvalue weighted by Gasteiger charge is 2.13. The highest BCUT2D eigenvalue weighted by Crippen LogP contribution is 2.17. The van der Waals surface area contributed by atoms with Crippen LogP contribution in [0.15, 0.2) is 53.0 Å². The van der Waals surface area contributed by atoms with Crippen molar-refractivity contribution in [3.63, 3.8) is 0 Å². The third kappa shape index (κ3) is 4.56. The van der Waals surface area contributed by atoms with E-state index in [1.165, 1.54) is 11.0 Å². The highest BCUT2D eigenvalue weighted by atomic mass is 79.9. The van der Waals surface area contributed by atoms with Crippen LogP contribution in [-0.2, 0) is 17.9 Å². The summed E-state index contributed by atoms with van der Waals surface area (Å²) in [6.07, 6.45) is -0.488. The van der Waals surface area contributed by atoms with Crippen LogP contribution in [0.4, 0.5) is 9.18 Å². The molecule has 0 saturated heterocycles. The van der Waals surface area contributed by atoms with Gasteiger partial charge in [0.1, 0.15) is 12.4 Å². The van der Waals surface area contributed by atoms with E-state index in [4.69, 9.17) is 4.74 Å². The second-order valence-electron chi connectivity index (χ2n) is 4.63. The quantitative estimate of drug-likeness (QED) is 0.819. The number of amides is 1. The van der Waals surface area contributed by atoms with Gasteiger partial charge in [-0.25, -0.2) is 9.18 Å². The van der Waals surface area contributed by atoms with Crippen LogP contribution in [-0.4, -0.2) is 18.0 Å². The number of ether oxygens (including phenoxy) is 1.